The van der Waals surface area contributed by atoms with Crippen LogP contribution in [-0.4, -0.2) is 12.6 Å². The first-order valence-electron chi connectivity index (χ1n) is 6.99. The molecule has 1 saturated carbocycles. The summed E-state index contributed by atoms with van der Waals surface area (Å²) < 4.78 is 5.44. The van der Waals surface area contributed by atoms with Crippen LogP contribution in [0, 0.1) is 5.41 Å². The fourth-order valence-electron chi connectivity index (χ4n) is 3.15. The fraction of sp³-hybridized carbons (Fsp3) is 0.625. The highest BCUT2D eigenvalue weighted by molar-refractivity contribution is 6.30. The van der Waals surface area contributed by atoms with Gasteiger partial charge in [0, 0.05) is 10.6 Å². The number of hydrogen-bond donors (Lipinski definition) is 1. The number of halogens is 1. The van der Waals surface area contributed by atoms with Gasteiger partial charge in [-0.3, -0.25) is 0 Å². The summed E-state index contributed by atoms with van der Waals surface area (Å²) in [6.45, 7) is 4.56. The first-order chi connectivity index (χ1) is 8.88. The minimum Gasteiger partial charge on any atom is -0.496 e. The van der Waals surface area contributed by atoms with Crippen LogP contribution >= 0.6 is 11.6 Å². The lowest BCUT2D eigenvalue weighted by molar-refractivity contribution is 0.0984. The Hall–Kier alpha value is -0.730. The van der Waals surface area contributed by atoms with Crippen molar-refractivity contribution < 1.29 is 4.74 Å². The third kappa shape index (κ3) is 2.90. The summed E-state index contributed by atoms with van der Waals surface area (Å²) in [6.07, 6.45) is 5.56. The Kier molecular flexibility index (Phi) is 4.12. The first-order valence-corrected chi connectivity index (χ1v) is 7.37. The lowest BCUT2D eigenvalue weighted by Crippen LogP contribution is -2.56. The molecule has 1 aromatic carbocycles. The van der Waals surface area contributed by atoms with Crippen LogP contribution in [0.25, 0.3) is 0 Å². The summed E-state index contributed by atoms with van der Waals surface area (Å²) >= 11 is 6.11. The predicted octanol–water partition coefficient (Wildman–Crippen LogP) is 4.19. The minimum atomic E-state index is -0.177. The van der Waals surface area contributed by atoms with Crippen LogP contribution in [0.2, 0.25) is 5.02 Å². The van der Waals surface area contributed by atoms with Crippen LogP contribution in [0.5, 0.6) is 5.75 Å². The molecule has 1 atom stereocenters. The van der Waals surface area contributed by atoms with Crippen LogP contribution in [0.15, 0.2) is 18.2 Å². The van der Waals surface area contributed by atoms with Crippen molar-refractivity contribution in [1.29, 1.82) is 0 Å². The van der Waals surface area contributed by atoms with Crippen molar-refractivity contribution in [3.63, 3.8) is 0 Å². The molecule has 0 aromatic heterocycles. The Morgan fingerprint density at radius 3 is 2.58 bits per heavy atom. The van der Waals surface area contributed by atoms with Crippen LogP contribution < -0.4 is 10.5 Å². The van der Waals surface area contributed by atoms with Crippen molar-refractivity contribution in [3.05, 3.63) is 28.8 Å². The highest BCUT2D eigenvalue weighted by Crippen LogP contribution is 2.45. The van der Waals surface area contributed by atoms with Gasteiger partial charge in [0.1, 0.15) is 5.75 Å². The molecule has 0 heterocycles. The third-order valence-electron chi connectivity index (χ3n) is 4.77. The summed E-state index contributed by atoms with van der Waals surface area (Å²) in [5.41, 5.74) is 7.84. The molecule has 1 aliphatic carbocycles. The van der Waals surface area contributed by atoms with Crippen molar-refractivity contribution in [2.24, 2.45) is 11.1 Å². The summed E-state index contributed by atoms with van der Waals surface area (Å²) in [5, 5.41) is 0.744. The van der Waals surface area contributed by atoms with E-state index in [0.717, 1.165) is 29.2 Å². The summed E-state index contributed by atoms with van der Waals surface area (Å²) in [6, 6.07) is 5.77. The SMILES string of the molecule is COc1ccc(Cl)cc1CC1(N)CCCCC1(C)C. The van der Waals surface area contributed by atoms with Gasteiger partial charge in [-0.15, -0.1) is 0 Å². The molecule has 2 N–H and O–H groups in total. The minimum absolute atomic E-state index is 0.151. The van der Waals surface area contributed by atoms with Gasteiger partial charge in [-0.25, -0.2) is 0 Å². The van der Waals surface area contributed by atoms with Gasteiger partial charge >= 0.3 is 0 Å². The number of hydrogen-bond acceptors (Lipinski definition) is 2. The van der Waals surface area contributed by atoms with Crippen LogP contribution in [0.1, 0.15) is 45.1 Å². The molecule has 0 bridgehead atoms. The molecule has 19 heavy (non-hydrogen) atoms. The smallest absolute Gasteiger partial charge is 0.122 e. The normalized spacial score (nSPS) is 26.2. The van der Waals surface area contributed by atoms with E-state index in [9.17, 15) is 0 Å². The maximum absolute atomic E-state index is 6.74. The van der Waals surface area contributed by atoms with E-state index in [1.165, 1.54) is 19.3 Å². The summed E-state index contributed by atoms with van der Waals surface area (Å²) in [5.74, 6) is 0.885. The van der Waals surface area contributed by atoms with Gasteiger partial charge in [0.25, 0.3) is 0 Å². The van der Waals surface area contributed by atoms with Crippen molar-refractivity contribution >= 4 is 11.6 Å². The Balaban J connectivity index is 2.31. The van der Waals surface area contributed by atoms with Gasteiger partial charge in [0.05, 0.1) is 7.11 Å². The zero-order chi connectivity index (χ0) is 14.1. The van der Waals surface area contributed by atoms with E-state index in [0.29, 0.717) is 0 Å². The maximum atomic E-state index is 6.74. The number of nitrogens with two attached hydrogens (primary N) is 1. The molecule has 0 saturated heterocycles. The zero-order valence-corrected chi connectivity index (χ0v) is 12.9. The summed E-state index contributed by atoms with van der Waals surface area (Å²) in [7, 11) is 1.70. The Morgan fingerprint density at radius 2 is 1.95 bits per heavy atom. The van der Waals surface area contributed by atoms with E-state index in [4.69, 9.17) is 22.1 Å². The topological polar surface area (TPSA) is 35.2 Å². The predicted molar refractivity (Wildman–Crippen MR) is 80.9 cm³/mol. The zero-order valence-electron chi connectivity index (χ0n) is 12.1. The van der Waals surface area contributed by atoms with E-state index >= 15 is 0 Å². The fourth-order valence-corrected chi connectivity index (χ4v) is 3.34. The van der Waals surface area contributed by atoms with Gasteiger partial charge in [-0.05, 0) is 48.4 Å². The van der Waals surface area contributed by atoms with Gasteiger partial charge in [-0.2, -0.15) is 0 Å². The standard InChI is InChI=1S/C16H24ClNO/c1-15(2)8-4-5-9-16(15,18)11-12-10-13(17)6-7-14(12)19-3/h6-7,10H,4-5,8-9,11,18H2,1-3H3. The second-order valence-corrected chi connectivity index (χ2v) is 6.82. The molecule has 0 aliphatic heterocycles. The van der Waals surface area contributed by atoms with Crippen molar-refractivity contribution in [2.75, 3.05) is 7.11 Å². The Bertz CT molecular complexity index is 458. The quantitative estimate of drug-likeness (QED) is 0.902. The molecule has 0 spiro atoms. The average molecular weight is 282 g/mol. The third-order valence-corrected chi connectivity index (χ3v) is 5.01. The summed E-state index contributed by atoms with van der Waals surface area (Å²) in [4.78, 5) is 0. The average Bonchev–Trinajstić information content (AvgIpc) is 2.33. The molecule has 0 amide bonds. The second-order valence-electron chi connectivity index (χ2n) is 6.38. The first kappa shape index (κ1) is 14.7. The molecule has 1 fully saturated rings. The highest BCUT2D eigenvalue weighted by Gasteiger charge is 2.43. The van der Waals surface area contributed by atoms with E-state index in [1.54, 1.807) is 7.11 Å². The van der Waals surface area contributed by atoms with Crippen molar-refractivity contribution in [3.8, 4) is 5.75 Å². The lowest BCUT2D eigenvalue weighted by atomic mass is 9.61. The second kappa shape index (κ2) is 5.34. The van der Waals surface area contributed by atoms with E-state index in [-0.39, 0.29) is 11.0 Å². The molecular weight excluding hydrogens is 258 g/mol. The van der Waals surface area contributed by atoms with Crippen molar-refractivity contribution in [2.45, 2.75) is 51.5 Å². The maximum Gasteiger partial charge on any atom is 0.122 e. The molecular formula is C16H24ClNO. The number of methoxy groups -OCH3 is 1. The highest BCUT2D eigenvalue weighted by atomic mass is 35.5. The number of rotatable bonds is 3. The van der Waals surface area contributed by atoms with Crippen LogP contribution in [0.4, 0.5) is 0 Å². The number of ether oxygens (including phenoxy) is 1. The van der Waals surface area contributed by atoms with Crippen LogP contribution in [0.3, 0.4) is 0 Å². The Labute approximate surface area is 121 Å². The Morgan fingerprint density at radius 1 is 1.26 bits per heavy atom. The number of benzene rings is 1. The molecule has 1 unspecified atom stereocenters. The van der Waals surface area contributed by atoms with E-state index < -0.39 is 0 Å². The van der Waals surface area contributed by atoms with E-state index in [2.05, 4.69) is 13.8 Å². The largest absolute Gasteiger partial charge is 0.496 e. The van der Waals surface area contributed by atoms with Gasteiger partial charge in [-0.1, -0.05) is 38.3 Å². The molecule has 3 heteroatoms. The monoisotopic (exact) mass is 281 g/mol. The van der Waals surface area contributed by atoms with Gasteiger partial charge < -0.3 is 10.5 Å². The molecule has 106 valence electrons. The molecule has 2 nitrogen and oxygen atoms in total. The van der Waals surface area contributed by atoms with E-state index in [1.807, 2.05) is 18.2 Å². The molecule has 1 aromatic rings. The lowest BCUT2D eigenvalue weighted by Gasteiger charge is -2.48. The van der Waals surface area contributed by atoms with Crippen LogP contribution in [-0.2, 0) is 6.42 Å². The van der Waals surface area contributed by atoms with Gasteiger partial charge in [0.2, 0.25) is 0 Å². The molecule has 2 rings (SSSR count). The van der Waals surface area contributed by atoms with Crippen molar-refractivity contribution in [1.82, 2.24) is 0 Å². The van der Waals surface area contributed by atoms with Gasteiger partial charge in [0.15, 0.2) is 0 Å². The molecule has 0 radical (unpaired) electrons. The molecule has 1 aliphatic rings.